The van der Waals surface area contributed by atoms with E-state index in [0.717, 1.165) is 0 Å². The third kappa shape index (κ3) is 30.9. The summed E-state index contributed by atoms with van der Waals surface area (Å²) >= 11 is -6.02. The van der Waals surface area contributed by atoms with Gasteiger partial charge in [-0.25, -0.2) is 0 Å². The van der Waals surface area contributed by atoms with Crippen molar-refractivity contribution in [2.75, 3.05) is 52.4 Å². The molecule has 0 unspecified atom stereocenters. The first-order valence-electron chi connectivity index (χ1n) is 16.9. The van der Waals surface area contributed by atoms with Crippen molar-refractivity contribution in [2.24, 2.45) is 0 Å². The van der Waals surface area contributed by atoms with Crippen LogP contribution in [-0.4, -0.2) is 61.3 Å². The van der Waals surface area contributed by atoms with Crippen LogP contribution >= 0.6 is 0 Å². The van der Waals surface area contributed by atoms with Crippen LogP contribution in [0.2, 0.25) is 0 Å². The van der Waals surface area contributed by atoms with E-state index in [9.17, 15) is 0 Å². The molecule has 0 saturated heterocycles. The Morgan fingerprint density at radius 3 is 0.538 bits per heavy atom. The zero-order chi connectivity index (χ0) is 30.5. The summed E-state index contributed by atoms with van der Waals surface area (Å²) in [5, 5.41) is 0. The molecule has 240 valence electrons. The van der Waals surface area contributed by atoms with E-state index in [2.05, 4.69) is 55.4 Å². The molecule has 0 aliphatic heterocycles. The van der Waals surface area contributed by atoms with Gasteiger partial charge < -0.3 is 8.97 Å². The van der Waals surface area contributed by atoms with Crippen LogP contribution < -0.4 is 7.52 Å². The summed E-state index contributed by atoms with van der Waals surface area (Å²) in [7, 11) is 0. The summed E-state index contributed by atoms with van der Waals surface area (Å²) in [6.45, 7) is 30.0. The predicted octanol–water partition coefficient (Wildman–Crippen LogP) is 7.39. The van der Waals surface area contributed by atoms with Crippen LogP contribution in [-0.2, 0) is 23.5 Å². The Labute approximate surface area is 249 Å². The van der Waals surface area contributed by atoms with E-state index in [0.29, 0.717) is 0 Å². The Morgan fingerprint density at radius 2 is 0.462 bits per heavy atom. The first-order chi connectivity index (χ1) is 18.5. The monoisotopic (exact) mass is 646 g/mol. The van der Waals surface area contributed by atoms with Gasteiger partial charge in [0, 0.05) is 0 Å². The van der Waals surface area contributed by atoms with Crippen LogP contribution in [0.25, 0.3) is 0 Å². The fraction of sp³-hybridized carbons (Fsp3) is 1.00. The first-order valence-corrected chi connectivity index (χ1v) is 20.1. The number of hydrogen-bond donors (Lipinski definition) is 0. The Balaban J connectivity index is -0.000000566. The van der Waals surface area contributed by atoms with Crippen LogP contribution in [0.1, 0.15) is 158 Å². The minimum atomic E-state index is -6.02. The van der Waals surface area contributed by atoms with Crippen LogP contribution in [0.15, 0.2) is 0 Å². The van der Waals surface area contributed by atoms with E-state index in [1.54, 1.807) is 0 Å². The second-order valence-electron chi connectivity index (χ2n) is 11.7. The molecule has 0 atom stereocenters. The number of rotatable bonds is 24. The van der Waals surface area contributed by atoms with Gasteiger partial charge >= 0.3 is 31.1 Å². The first kappa shape index (κ1) is 43.6. The standard InChI is InChI=1S/2C16H36N.Mo.4O/c2*1-5-9-13-17(14-10-6-2,15-11-7-3)16-12-8-4;;;;;/h2*5-16H2,1-4H3;;;;;/q2*+1;;;;2*-1. The van der Waals surface area contributed by atoms with E-state index in [1.165, 1.54) is 164 Å². The summed E-state index contributed by atoms with van der Waals surface area (Å²) in [5.41, 5.74) is 0. The molecule has 0 spiro atoms. The molecule has 7 heteroatoms. The normalized spacial score (nSPS) is 11.9. The number of nitrogens with zero attached hydrogens (tertiary/aromatic N) is 2. The number of unbranched alkanes of at least 4 members (excludes halogenated alkanes) is 8. The van der Waals surface area contributed by atoms with Crippen LogP contribution in [0.3, 0.4) is 0 Å². The topological polar surface area (TPSA) is 80.3 Å². The predicted molar refractivity (Wildman–Crippen MR) is 160 cm³/mol. The van der Waals surface area contributed by atoms with Gasteiger partial charge in [-0.15, -0.1) is 0 Å². The molecule has 0 amide bonds. The van der Waals surface area contributed by atoms with Gasteiger partial charge in [-0.3, -0.25) is 0 Å². The van der Waals surface area contributed by atoms with Gasteiger partial charge in [-0.05, 0) is 51.4 Å². The second-order valence-corrected chi connectivity index (χ2v) is 13.7. The molecular formula is C32H72MoN2O4. The zero-order valence-electron chi connectivity index (χ0n) is 27.9. The molecule has 0 rings (SSSR count). The zero-order valence-corrected chi connectivity index (χ0v) is 29.9. The molecule has 0 heterocycles. The fourth-order valence-corrected chi connectivity index (χ4v) is 5.29. The van der Waals surface area contributed by atoms with E-state index in [-0.39, 0.29) is 0 Å². The molecule has 0 fully saturated rings. The van der Waals surface area contributed by atoms with Gasteiger partial charge in [0.1, 0.15) is 0 Å². The minimum absolute atomic E-state index is 1.35. The Bertz CT molecular complexity index is 466. The van der Waals surface area contributed by atoms with Gasteiger partial charge in [0.05, 0.1) is 52.4 Å². The molecule has 0 N–H and O–H groups in total. The van der Waals surface area contributed by atoms with Gasteiger partial charge in [0.25, 0.3) is 0 Å². The summed E-state index contributed by atoms with van der Waals surface area (Å²) in [6, 6.07) is 0. The van der Waals surface area contributed by atoms with Crippen LogP contribution in [0.4, 0.5) is 0 Å². The second kappa shape index (κ2) is 29.6. The summed E-state index contributed by atoms with van der Waals surface area (Å²) < 4.78 is 37.3. The SMILES string of the molecule is CCCC[N+](CCCC)(CCCC)CCCC.CCCC[N+](CCCC)(CCCC)CCCC.[O]=[Mo](=[O])([O-])[O-]. The molecule has 0 saturated carbocycles. The van der Waals surface area contributed by atoms with Crippen molar-refractivity contribution < 1.29 is 40.0 Å². The Hall–Kier alpha value is 0.128. The van der Waals surface area contributed by atoms with E-state index < -0.39 is 16.7 Å². The van der Waals surface area contributed by atoms with Crippen molar-refractivity contribution in [2.45, 2.75) is 158 Å². The van der Waals surface area contributed by atoms with E-state index in [4.69, 9.17) is 14.3 Å². The maximum atomic E-state index is 8.63. The van der Waals surface area contributed by atoms with Crippen molar-refractivity contribution >= 4 is 0 Å². The molecule has 0 bridgehead atoms. The van der Waals surface area contributed by atoms with Crippen molar-refractivity contribution in [3.63, 3.8) is 0 Å². The molecule has 0 aliphatic rings. The fourth-order valence-electron chi connectivity index (χ4n) is 5.29. The number of hydrogen-bond acceptors (Lipinski definition) is 4. The summed E-state index contributed by atoms with van der Waals surface area (Å²) in [4.78, 5) is 0. The number of quaternary nitrogens is 2. The van der Waals surface area contributed by atoms with Crippen molar-refractivity contribution in [1.29, 1.82) is 0 Å². The molecule has 39 heavy (non-hydrogen) atoms. The van der Waals surface area contributed by atoms with Crippen molar-refractivity contribution in [3.8, 4) is 0 Å². The quantitative estimate of drug-likeness (QED) is 0.0811. The van der Waals surface area contributed by atoms with Gasteiger partial charge in [-0.1, -0.05) is 107 Å². The average molecular weight is 645 g/mol. The van der Waals surface area contributed by atoms with Gasteiger partial charge in [0.15, 0.2) is 0 Å². The van der Waals surface area contributed by atoms with Crippen molar-refractivity contribution in [3.05, 3.63) is 0 Å². The summed E-state index contributed by atoms with van der Waals surface area (Å²) in [5.74, 6) is 0. The Kier molecular flexibility index (Phi) is 33.1. The van der Waals surface area contributed by atoms with Crippen LogP contribution in [0.5, 0.6) is 0 Å². The van der Waals surface area contributed by atoms with Gasteiger partial charge in [0.2, 0.25) is 0 Å². The molecular weight excluding hydrogens is 572 g/mol. The third-order valence-corrected chi connectivity index (χ3v) is 7.89. The van der Waals surface area contributed by atoms with Crippen molar-refractivity contribution in [1.82, 2.24) is 0 Å². The molecule has 0 aliphatic carbocycles. The molecule has 0 aromatic carbocycles. The third-order valence-electron chi connectivity index (χ3n) is 7.89. The maximum absolute atomic E-state index is 8.63. The van der Waals surface area contributed by atoms with E-state index >= 15 is 0 Å². The Morgan fingerprint density at radius 1 is 0.359 bits per heavy atom. The average Bonchev–Trinajstić information content (AvgIpc) is 2.91. The van der Waals surface area contributed by atoms with Crippen LogP contribution in [0, 0.1) is 0 Å². The summed E-state index contributed by atoms with van der Waals surface area (Å²) in [6.07, 6.45) is 22.1. The van der Waals surface area contributed by atoms with E-state index in [1.807, 2.05) is 0 Å². The van der Waals surface area contributed by atoms with Gasteiger partial charge in [-0.2, -0.15) is 0 Å². The molecule has 0 aromatic heterocycles. The molecule has 6 nitrogen and oxygen atoms in total. The molecule has 0 aromatic rings. The molecule has 0 radical (unpaired) electrons.